The van der Waals surface area contributed by atoms with Crippen molar-refractivity contribution in [1.29, 1.82) is 0 Å². The summed E-state index contributed by atoms with van der Waals surface area (Å²) in [6.07, 6.45) is 2.86. The van der Waals surface area contributed by atoms with Gasteiger partial charge in [0.2, 0.25) is 0 Å². The number of fused-ring (bicyclic) bond motifs is 1. The lowest BCUT2D eigenvalue weighted by atomic mass is 10.1. The largest absolute Gasteiger partial charge is 0.399 e. The van der Waals surface area contributed by atoms with Gasteiger partial charge in [-0.1, -0.05) is 12.1 Å². The van der Waals surface area contributed by atoms with Gasteiger partial charge in [0.05, 0.1) is 11.3 Å². The van der Waals surface area contributed by atoms with Crippen molar-refractivity contribution in [2.45, 2.75) is 24.4 Å². The summed E-state index contributed by atoms with van der Waals surface area (Å²) >= 11 is 1.74. The van der Waals surface area contributed by atoms with Gasteiger partial charge >= 0.3 is 0 Å². The van der Waals surface area contributed by atoms with Crippen LogP contribution in [0.15, 0.2) is 58.2 Å². The van der Waals surface area contributed by atoms with E-state index in [1.807, 2.05) is 24.3 Å². The molecule has 4 rings (SSSR count). The SMILES string of the molecule is CSc1ccc(CN2CCc3nc(-c4ccc(N)cc4)[nH]c(=O)c3C2)cc1. The zero-order chi connectivity index (χ0) is 18.8. The zero-order valence-electron chi connectivity index (χ0n) is 15.2. The highest BCUT2D eigenvalue weighted by Gasteiger charge is 2.21. The molecule has 1 aromatic heterocycles. The second-order valence-corrected chi connectivity index (χ2v) is 7.65. The van der Waals surface area contributed by atoms with Gasteiger partial charge in [-0.3, -0.25) is 9.69 Å². The van der Waals surface area contributed by atoms with Crippen LogP contribution in [0.4, 0.5) is 5.69 Å². The number of H-pyrrole nitrogens is 1. The molecule has 5 nitrogen and oxygen atoms in total. The van der Waals surface area contributed by atoms with Crippen molar-refractivity contribution < 1.29 is 0 Å². The molecule has 0 amide bonds. The highest BCUT2D eigenvalue weighted by Crippen LogP contribution is 2.21. The summed E-state index contributed by atoms with van der Waals surface area (Å²) in [7, 11) is 0. The van der Waals surface area contributed by atoms with Gasteiger partial charge in [-0.05, 0) is 48.2 Å². The summed E-state index contributed by atoms with van der Waals surface area (Å²) in [5.41, 5.74) is 10.2. The van der Waals surface area contributed by atoms with E-state index in [2.05, 4.69) is 40.4 Å². The molecule has 3 N–H and O–H groups in total. The van der Waals surface area contributed by atoms with Crippen LogP contribution in [0.5, 0.6) is 0 Å². The number of hydrogen-bond donors (Lipinski definition) is 2. The van der Waals surface area contributed by atoms with Crippen LogP contribution in [0.2, 0.25) is 0 Å². The van der Waals surface area contributed by atoms with Crippen molar-refractivity contribution in [2.24, 2.45) is 0 Å². The summed E-state index contributed by atoms with van der Waals surface area (Å²) in [5.74, 6) is 0.611. The van der Waals surface area contributed by atoms with Gasteiger partial charge in [0.15, 0.2) is 0 Å². The number of benzene rings is 2. The molecule has 0 saturated carbocycles. The van der Waals surface area contributed by atoms with Crippen LogP contribution in [-0.2, 0) is 19.5 Å². The topological polar surface area (TPSA) is 75.0 Å². The molecule has 0 unspecified atom stereocenters. The molecule has 27 heavy (non-hydrogen) atoms. The van der Waals surface area contributed by atoms with E-state index in [9.17, 15) is 4.79 Å². The van der Waals surface area contributed by atoms with Crippen LogP contribution in [0, 0.1) is 0 Å². The maximum absolute atomic E-state index is 12.7. The van der Waals surface area contributed by atoms with Crippen molar-refractivity contribution in [1.82, 2.24) is 14.9 Å². The molecule has 1 aliphatic rings. The lowest BCUT2D eigenvalue weighted by Crippen LogP contribution is -2.35. The number of nitrogen functional groups attached to an aromatic ring is 1. The number of aromatic nitrogens is 2. The Hall–Kier alpha value is -2.57. The Kier molecular flexibility index (Phi) is 5.01. The summed E-state index contributed by atoms with van der Waals surface area (Å²) in [6.45, 7) is 2.37. The number of nitrogens with zero attached hydrogens (tertiary/aromatic N) is 2. The maximum Gasteiger partial charge on any atom is 0.255 e. The molecule has 0 spiro atoms. The summed E-state index contributed by atoms with van der Waals surface area (Å²) in [6, 6.07) is 16.0. The molecule has 1 aliphatic heterocycles. The fourth-order valence-electron chi connectivity index (χ4n) is 3.38. The third-order valence-electron chi connectivity index (χ3n) is 4.90. The number of nitrogens with two attached hydrogens (primary N) is 1. The van der Waals surface area contributed by atoms with E-state index in [0.717, 1.165) is 36.3 Å². The van der Waals surface area contributed by atoms with E-state index in [0.29, 0.717) is 18.1 Å². The molecule has 0 atom stereocenters. The molecular weight excluding hydrogens is 356 g/mol. The summed E-state index contributed by atoms with van der Waals surface area (Å²) in [4.78, 5) is 23.9. The first kappa shape index (κ1) is 17.8. The molecule has 138 valence electrons. The van der Waals surface area contributed by atoms with Crippen molar-refractivity contribution in [3.05, 3.63) is 75.7 Å². The first-order valence-corrected chi connectivity index (χ1v) is 10.2. The monoisotopic (exact) mass is 378 g/mol. The molecule has 2 aromatic carbocycles. The Morgan fingerprint density at radius 2 is 1.89 bits per heavy atom. The van der Waals surface area contributed by atoms with Gasteiger partial charge in [-0.15, -0.1) is 11.8 Å². The first-order chi connectivity index (χ1) is 13.1. The maximum atomic E-state index is 12.7. The fourth-order valence-corrected chi connectivity index (χ4v) is 3.79. The van der Waals surface area contributed by atoms with E-state index >= 15 is 0 Å². The molecule has 0 bridgehead atoms. The minimum atomic E-state index is -0.0470. The smallest absolute Gasteiger partial charge is 0.255 e. The lowest BCUT2D eigenvalue weighted by molar-refractivity contribution is 0.242. The molecular formula is C21H22N4OS. The second kappa shape index (κ2) is 7.58. The summed E-state index contributed by atoms with van der Waals surface area (Å²) < 4.78 is 0. The Morgan fingerprint density at radius 3 is 2.59 bits per heavy atom. The van der Waals surface area contributed by atoms with E-state index in [1.54, 1.807) is 11.8 Å². The Labute approximate surface area is 162 Å². The molecule has 0 aliphatic carbocycles. The molecule has 0 saturated heterocycles. The number of anilines is 1. The normalized spacial score (nSPS) is 14.1. The third kappa shape index (κ3) is 3.91. The van der Waals surface area contributed by atoms with Crippen LogP contribution in [0.3, 0.4) is 0 Å². The van der Waals surface area contributed by atoms with E-state index < -0.39 is 0 Å². The Balaban J connectivity index is 1.54. The van der Waals surface area contributed by atoms with Gasteiger partial charge in [0.25, 0.3) is 5.56 Å². The highest BCUT2D eigenvalue weighted by molar-refractivity contribution is 7.98. The van der Waals surface area contributed by atoms with Crippen LogP contribution in [0.1, 0.15) is 16.8 Å². The quantitative estimate of drug-likeness (QED) is 0.538. The lowest BCUT2D eigenvalue weighted by Gasteiger charge is -2.27. The van der Waals surface area contributed by atoms with Crippen LogP contribution in [0.25, 0.3) is 11.4 Å². The molecule has 6 heteroatoms. The van der Waals surface area contributed by atoms with Crippen LogP contribution in [-0.4, -0.2) is 27.7 Å². The minimum Gasteiger partial charge on any atom is -0.399 e. The standard InChI is InChI=1S/C21H22N4OS/c1-27-17-8-2-14(3-9-17)12-25-11-10-19-18(13-25)21(26)24-20(23-19)15-4-6-16(22)7-5-15/h2-9H,10-13,22H2,1H3,(H,23,24,26). The van der Waals surface area contributed by atoms with Gasteiger partial charge in [0, 0.05) is 42.2 Å². The average Bonchev–Trinajstić information content (AvgIpc) is 2.69. The zero-order valence-corrected chi connectivity index (χ0v) is 16.1. The fraction of sp³-hybridized carbons (Fsp3) is 0.238. The van der Waals surface area contributed by atoms with E-state index in [-0.39, 0.29) is 5.56 Å². The predicted octanol–water partition coefficient (Wildman–Crippen LogP) is 3.30. The Morgan fingerprint density at radius 1 is 1.15 bits per heavy atom. The minimum absolute atomic E-state index is 0.0470. The third-order valence-corrected chi connectivity index (χ3v) is 5.64. The predicted molar refractivity (Wildman–Crippen MR) is 111 cm³/mol. The number of hydrogen-bond acceptors (Lipinski definition) is 5. The van der Waals surface area contributed by atoms with Gasteiger partial charge in [-0.2, -0.15) is 0 Å². The first-order valence-electron chi connectivity index (χ1n) is 8.95. The molecule has 3 aromatic rings. The van der Waals surface area contributed by atoms with Gasteiger partial charge < -0.3 is 10.7 Å². The van der Waals surface area contributed by atoms with Crippen molar-refractivity contribution in [3.8, 4) is 11.4 Å². The Bertz CT molecular complexity index is 996. The van der Waals surface area contributed by atoms with Crippen molar-refractivity contribution in [2.75, 3.05) is 18.5 Å². The number of rotatable bonds is 4. The molecule has 2 heterocycles. The summed E-state index contributed by atoms with van der Waals surface area (Å²) in [5, 5.41) is 0. The van der Waals surface area contributed by atoms with Crippen molar-refractivity contribution >= 4 is 17.4 Å². The van der Waals surface area contributed by atoms with E-state index in [4.69, 9.17) is 10.7 Å². The van der Waals surface area contributed by atoms with Gasteiger partial charge in [-0.25, -0.2) is 4.98 Å². The molecule has 0 fully saturated rings. The number of nitrogens with one attached hydrogen (secondary N) is 1. The average molecular weight is 379 g/mol. The molecule has 0 radical (unpaired) electrons. The second-order valence-electron chi connectivity index (χ2n) is 6.77. The van der Waals surface area contributed by atoms with Crippen molar-refractivity contribution in [3.63, 3.8) is 0 Å². The van der Waals surface area contributed by atoms with Crippen LogP contribution < -0.4 is 11.3 Å². The number of aromatic amines is 1. The van der Waals surface area contributed by atoms with Crippen LogP contribution >= 0.6 is 11.8 Å². The highest BCUT2D eigenvalue weighted by atomic mass is 32.2. The van der Waals surface area contributed by atoms with E-state index in [1.165, 1.54) is 10.5 Å². The number of thioether (sulfide) groups is 1. The van der Waals surface area contributed by atoms with Gasteiger partial charge in [0.1, 0.15) is 5.82 Å².